The summed E-state index contributed by atoms with van der Waals surface area (Å²) in [4.78, 5) is 0. The Hall–Kier alpha value is 0.557. The predicted octanol–water partition coefficient (Wildman–Crippen LogP) is 12.8. The second kappa shape index (κ2) is 23.4. The number of hydrogen-bond donors (Lipinski definition) is 0. The van der Waals surface area contributed by atoms with Gasteiger partial charge in [-0.3, -0.25) is 0 Å². The van der Waals surface area contributed by atoms with Crippen molar-refractivity contribution in [3.63, 3.8) is 0 Å². The van der Waals surface area contributed by atoms with E-state index < -0.39 is 36.8 Å². The van der Waals surface area contributed by atoms with Crippen molar-refractivity contribution in [2.75, 3.05) is 0 Å². The third-order valence-corrected chi connectivity index (χ3v) is 41.7. The predicted molar refractivity (Wildman–Crippen MR) is 176 cm³/mol. The maximum atomic E-state index is 2.53. The van der Waals surface area contributed by atoms with Gasteiger partial charge in [0.1, 0.15) is 0 Å². The van der Waals surface area contributed by atoms with Gasteiger partial charge in [0.15, 0.2) is 0 Å². The molecule has 0 saturated heterocycles. The molecular formula is C34H66Sn2. The minimum absolute atomic E-state index is 1.36. The van der Waals surface area contributed by atoms with Crippen LogP contribution in [0, 0.1) is 0 Å². The van der Waals surface area contributed by atoms with E-state index in [0.717, 1.165) is 0 Å². The van der Waals surface area contributed by atoms with Crippen LogP contribution in [0.15, 0.2) is 43.6 Å². The number of rotatable bonds is 23. The summed E-state index contributed by atoms with van der Waals surface area (Å²) in [6.45, 7) is 19.3. The van der Waals surface area contributed by atoms with Gasteiger partial charge in [-0.1, -0.05) is 0 Å². The molecule has 0 amide bonds. The first-order valence-electron chi connectivity index (χ1n) is 16.1. The summed E-state index contributed by atoms with van der Waals surface area (Å²) in [5.74, 6) is 0. The maximum absolute atomic E-state index is 2.53. The summed E-state index contributed by atoms with van der Waals surface area (Å²) < 4.78 is 13.1. The van der Waals surface area contributed by atoms with Crippen LogP contribution in [0.1, 0.15) is 132 Å². The Balaban J connectivity index is 5.63. The van der Waals surface area contributed by atoms with Crippen molar-refractivity contribution < 1.29 is 0 Å². The van der Waals surface area contributed by atoms with Crippen LogP contribution in [0.4, 0.5) is 0 Å². The van der Waals surface area contributed by atoms with Crippen molar-refractivity contribution in [1.82, 2.24) is 0 Å². The summed E-state index contributed by atoms with van der Waals surface area (Å²) in [5, 5.41) is 0. The summed E-state index contributed by atoms with van der Waals surface area (Å²) >= 11 is -4.45. The van der Waals surface area contributed by atoms with E-state index in [9.17, 15) is 0 Å². The molecule has 0 spiro atoms. The van der Waals surface area contributed by atoms with Gasteiger partial charge in [-0.25, -0.2) is 0 Å². The van der Waals surface area contributed by atoms with Crippen molar-refractivity contribution in [1.29, 1.82) is 0 Å². The minimum atomic E-state index is -2.22. The van der Waals surface area contributed by atoms with Crippen LogP contribution in [0.2, 0.25) is 26.6 Å². The second-order valence-electron chi connectivity index (χ2n) is 11.7. The average Bonchev–Trinajstić information content (AvgIpc) is 2.89. The van der Waals surface area contributed by atoms with E-state index in [1.165, 1.54) is 77.0 Å². The van der Waals surface area contributed by atoms with Crippen molar-refractivity contribution in [2.24, 2.45) is 0 Å². The van der Waals surface area contributed by atoms with E-state index in [1.54, 1.807) is 26.6 Å². The Morgan fingerprint density at radius 1 is 0.389 bits per heavy atom. The molecule has 2 heteroatoms. The van der Waals surface area contributed by atoms with Gasteiger partial charge in [0.05, 0.1) is 0 Å². The third kappa shape index (κ3) is 14.6. The van der Waals surface area contributed by atoms with Crippen LogP contribution in [0.5, 0.6) is 0 Å². The Kier molecular flexibility index (Phi) is 23.8. The van der Waals surface area contributed by atoms with Crippen LogP contribution in [-0.2, 0) is 0 Å². The molecule has 0 N–H and O–H groups in total. The molecule has 0 aromatic rings. The zero-order valence-corrected chi connectivity index (χ0v) is 31.9. The van der Waals surface area contributed by atoms with Gasteiger partial charge < -0.3 is 0 Å². The molecule has 0 aromatic carbocycles. The van der Waals surface area contributed by atoms with Gasteiger partial charge in [0, 0.05) is 0 Å². The van der Waals surface area contributed by atoms with Crippen molar-refractivity contribution >= 4 is 36.8 Å². The molecule has 0 heterocycles. The Morgan fingerprint density at radius 2 is 0.611 bits per heavy atom. The van der Waals surface area contributed by atoms with Gasteiger partial charge in [-0.05, 0) is 0 Å². The summed E-state index contributed by atoms with van der Waals surface area (Å²) in [6, 6.07) is 0. The van der Waals surface area contributed by atoms with E-state index in [2.05, 4.69) is 91.8 Å². The van der Waals surface area contributed by atoms with Gasteiger partial charge in [0.25, 0.3) is 0 Å². The topological polar surface area (TPSA) is 0 Å². The third-order valence-electron chi connectivity index (χ3n) is 8.75. The van der Waals surface area contributed by atoms with Gasteiger partial charge >= 0.3 is 239 Å². The summed E-state index contributed by atoms with van der Waals surface area (Å²) in [6.07, 6.45) is 31.3. The van der Waals surface area contributed by atoms with E-state index >= 15 is 0 Å². The fourth-order valence-electron chi connectivity index (χ4n) is 5.91. The number of hydrogen-bond acceptors (Lipinski definition) is 0. The Bertz CT molecular complexity index is 538. The molecule has 0 rings (SSSR count). The molecule has 0 nitrogen and oxygen atoms in total. The monoisotopic (exact) mass is 714 g/mol. The van der Waals surface area contributed by atoms with Crippen molar-refractivity contribution in [3.05, 3.63) is 43.6 Å². The summed E-state index contributed by atoms with van der Waals surface area (Å²) in [5.41, 5.74) is 0. The van der Waals surface area contributed by atoms with Crippen LogP contribution in [0.3, 0.4) is 0 Å². The number of allylic oxidation sites excluding steroid dienone is 8. The molecule has 0 atom stereocenters. The first-order chi connectivity index (χ1) is 17.4. The van der Waals surface area contributed by atoms with Crippen LogP contribution in [-0.4, -0.2) is 36.8 Å². The fourth-order valence-corrected chi connectivity index (χ4v) is 37.2. The van der Waals surface area contributed by atoms with Gasteiger partial charge in [-0.15, -0.1) is 0 Å². The molecule has 0 aliphatic rings. The van der Waals surface area contributed by atoms with E-state index in [1.807, 2.05) is 7.18 Å². The quantitative estimate of drug-likeness (QED) is 0.0731. The SMILES string of the molecule is CCC[CH2][Sn]([CH2]CCC)([CH2]CCC)/[C](C)=C/C=C/C=C/C=[C](\C)[Sn]([CH2]CCC)([CH2]CCC)[CH2]CCC. The Morgan fingerprint density at radius 3 is 0.806 bits per heavy atom. The Labute approximate surface area is 237 Å². The molecule has 0 unspecified atom stereocenters. The van der Waals surface area contributed by atoms with Crippen LogP contribution in [0.25, 0.3) is 0 Å². The fraction of sp³-hybridized carbons (Fsp3) is 0.765. The first-order valence-corrected chi connectivity index (χ1v) is 31.1. The molecule has 0 aromatic heterocycles. The van der Waals surface area contributed by atoms with E-state index in [-0.39, 0.29) is 0 Å². The molecule has 0 radical (unpaired) electrons. The normalized spacial score (nSPS) is 14.0. The average molecular weight is 712 g/mol. The van der Waals surface area contributed by atoms with Gasteiger partial charge in [-0.2, -0.15) is 0 Å². The molecule has 0 saturated carbocycles. The molecule has 210 valence electrons. The molecule has 36 heavy (non-hydrogen) atoms. The van der Waals surface area contributed by atoms with Crippen LogP contribution < -0.4 is 0 Å². The molecule has 0 aliphatic heterocycles. The van der Waals surface area contributed by atoms with Gasteiger partial charge in [0.2, 0.25) is 0 Å². The number of unbranched alkanes of at least 4 members (excludes halogenated alkanes) is 6. The van der Waals surface area contributed by atoms with Crippen molar-refractivity contribution in [2.45, 2.75) is 159 Å². The van der Waals surface area contributed by atoms with Crippen molar-refractivity contribution in [3.8, 4) is 0 Å². The summed E-state index contributed by atoms with van der Waals surface area (Å²) in [7, 11) is 0. The second-order valence-corrected chi connectivity index (χ2v) is 39.3. The van der Waals surface area contributed by atoms with E-state index in [4.69, 9.17) is 0 Å². The zero-order valence-electron chi connectivity index (χ0n) is 26.2. The molecule has 0 aliphatic carbocycles. The molecular weight excluding hydrogens is 646 g/mol. The van der Waals surface area contributed by atoms with Crippen LogP contribution >= 0.6 is 0 Å². The standard InChI is InChI=1S/C10H12.6C4H9.2Sn/c1-3-5-7-9-10-8-6-4-2;6*1-3-4-2;;/h5-10H,1-2H3;6*1,3-4H2,2H3;;/b5-3?,6-4?,9-7+,10-8+;;;;;;;;. The zero-order chi connectivity index (χ0) is 27.1. The molecule has 0 fully saturated rings. The first kappa shape index (κ1) is 36.6. The van der Waals surface area contributed by atoms with E-state index in [0.29, 0.717) is 0 Å². The molecule has 0 bridgehead atoms.